The maximum Gasteiger partial charge on any atom is 0.408 e. The van der Waals surface area contributed by atoms with Crippen LogP contribution in [0, 0.1) is 17.0 Å². The molecular weight excluding hydrogens is 456 g/mol. The summed E-state index contributed by atoms with van der Waals surface area (Å²) in [5, 5.41) is 6.12. The lowest BCUT2D eigenvalue weighted by atomic mass is 9.85. The third kappa shape index (κ3) is 5.73. The first kappa shape index (κ1) is 24.9. The second kappa shape index (κ2) is 10.2. The Morgan fingerprint density at radius 3 is 2.57 bits per heavy atom. The fourth-order valence-electron chi connectivity index (χ4n) is 4.68. The van der Waals surface area contributed by atoms with Gasteiger partial charge in [-0.15, -0.1) is 0 Å². The number of hydrogen-bond acceptors (Lipinski definition) is 5. The van der Waals surface area contributed by atoms with E-state index in [1.807, 2.05) is 51.1 Å². The number of rotatable bonds is 6. The monoisotopic (exact) mass is 487 g/mol. The van der Waals surface area contributed by atoms with Crippen LogP contribution in [0.4, 0.5) is 13.6 Å². The molecule has 2 aliphatic heterocycles. The molecule has 0 bridgehead atoms. The van der Waals surface area contributed by atoms with Crippen molar-refractivity contribution in [2.45, 2.75) is 58.0 Å². The topological polar surface area (TPSA) is 79.9 Å². The summed E-state index contributed by atoms with van der Waals surface area (Å²) in [5.74, 6) is -1.97. The van der Waals surface area contributed by atoms with Crippen LogP contribution in [-0.2, 0) is 16.1 Å². The van der Waals surface area contributed by atoms with Crippen molar-refractivity contribution in [2.24, 2.45) is 5.41 Å². The van der Waals surface area contributed by atoms with Crippen LogP contribution in [0.5, 0.6) is 5.75 Å². The number of fused-ring (bicyclic) bond motifs is 1. The van der Waals surface area contributed by atoms with Crippen molar-refractivity contribution in [3.8, 4) is 5.75 Å². The largest absolute Gasteiger partial charge is 0.487 e. The molecule has 2 aliphatic rings. The molecule has 7 nitrogen and oxygen atoms in total. The van der Waals surface area contributed by atoms with Gasteiger partial charge >= 0.3 is 6.09 Å². The molecule has 2 N–H and O–H groups in total. The van der Waals surface area contributed by atoms with Crippen LogP contribution in [0.1, 0.15) is 32.8 Å². The third-order valence-corrected chi connectivity index (χ3v) is 6.46. The Balaban J connectivity index is 1.45. The van der Waals surface area contributed by atoms with Gasteiger partial charge in [0, 0.05) is 25.2 Å². The van der Waals surface area contributed by atoms with E-state index in [1.165, 1.54) is 6.07 Å². The summed E-state index contributed by atoms with van der Waals surface area (Å²) in [5.41, 5.74) is 0.265. The normalized spacial score (nSPS) is 22.4. The molecule has 9 heteroatoms. The number of nitrogens with zero attached hydrogens (tertiary/aromatic N) is 1. The highest BCUT2D eigenvalue weighted by molar-refractivity contribution is 5.87. The Hall–Kier alpha value is -3.20. The van der Waals surface area contributed by atoms with Gasteiger partial charge in [-0.3, -0.25) is 4.79 Å². The standard InChI is InChI=1S/C26H31F2N3O4/c1-26(2,3)23(30-25(33)34-15-16-7-5-4-6-8-16)24(32)31-12-11-20-22(31)21(14-29-20)35-17-9-10-18(27)19(28)13-17/h4-10,13,20-23,29H,11-12,14-15H2,1-3H3,(H,30,33)/t20-,21+,22+,23-/m1/s1. The van der Waals surface area contributed by atoms with Gasteiger partial charge in [-0.2, -0.15) is 0 Å². The number of carbonyl (C=O) groups is 2. The molecule has 2 aromatic carbocycles. The van der Waals surface area contributed by atoms with Crippen molar-refractivity contribution in [3.05, 3.63) is 65.7 Å². The number of alkyl carbamates (subject to hydrolysis) is 1. The summed E-state index contributed by atoms with van der Waals surface area (Å²) in [6, 6.07) is 11.6. The SMILES string of the molecule is CC(C)(C)[C@H](NC(=O)OCc1ccccc1)C(=O)N1CC[C@H]2NC[C@H](Oc3ccc(F)c(F)c3)[C@H]21. The molecule has 2 heterocycles. The second-order valence-electron chi connectivity index (χ2n) is 10.1. The summed E-state index contributed by atoms with van der Waals surface area (Å²) in [6.45, 7) is 6.69. The molecule has 0 saturated carbocycles. The fraction of sp³-hybridized carbons (Fsp3) is 0.462. The summed E-state index contributed by atoms with van der Waals surface area (Å²) < 4.78 is 38.3. The first-order valence-electron chi connectivity index (χ1n) is 11.8. The van der Waals surface area contributed by atoms with Gasteiger partial charge in [0.05, 0.1) is 6.04 Å². The summed E-state index contributed by atoms with van der Waals surface area (Å²) in [7, 11) is 0. The highest BCUT2D eigenvalue weighted by Crippen LogP contribution is 2.32. The Bertz CT molecular complexity index is 1060. The maximum absolute atomic E-state index is 13.7. The van der Waals surface area contributed by atoms with Crippen molar-refractivity contribution in [1.29, 1.82) is 0 Å². The summed E-state index contributed by atoms with van der Waals surface area (Å²) in [6.07, 6.45) is -0.387. The third-order valence-electron chi connectivity index (χ3n) is 6.46. The van der Waals surface area contributed by atoms with Crippen molar-refractivity contribution in [2.75, 3.05) is 13.1 Å². The number of amides is 2. The Morgan fingerprint density at radius 2 is 1.89 bits per heavy atom. The van der Waals surface area contributed by atoms with E-state index in [1.54, 1.807) is 4.90 Å². The molecule has 4 rings (SSSR count). The minimum atomic E-state index is -0.990. The van der Waals surface area contributed by atoms with E-state index in [4.69, 9.17) is 9.47 Å². The molecule has 2 aromatic rings. The number of carbonyl (C=O) groups excluding carboxylic acids is 2. The zero-order valence-corrected chi connectivity index (χ0v) is 20.1. The van der Waals surface area contributed by atoms with Gasteiger partial charge in [0.15, 0.2) is 11.6 Å². The Morgan fingerprint density at radius 1 is 1.14 bits per heavy atom. The van der Waals surface area contributed by atoms with Gasteiger partial charge in [0.25, 0.3) is 0 Å². The molecule has 0 aliphatic carbocycles. The number of ether oxygens (including phenoxy) is 2. The van der Waals surface area contributed by atoms with Crippen LogP contribution in [0.3, 0.4) is 0 Å². The second-order valence-corrected chi connectivity index (χ2v) is 10.1. The van der Waals surface area contributed by atoms with Crippen LogP contribution in [-0.4, -0.2) is 54.2 Å². The van der Waals surface area contributed by atoms with Gasteiger partial charge in [0.2, 0.25) is 5.91 Å². The quantitative estimate of drug-likeness (QED) is 0.651. The molecule has 2 fully saturated rings. The lowest BCUT2D eigenvalue weighted by molar-refractivity contribution is -0.138. The van der Waals surface area contributed by atoms with Gasteiger partial charge in [-0.1, -0.05) is 51.1 Å². The van der Waals surface area contributed by atoms with E-state index < -0.39 is 35.3 Å². The summed E-state index contributed by atoms with van der Waals surface area (Å²) >= 11 is 0. The number of hydrogen-bond donors (Lipinski definition) is 2. The Kier molecular flexibility index (Phi) is 7.25. The molecule has 0 radical (unpaired) electrons. The maximum atomic E-state index is 13.7. The highest BCUT2D eigenvalue weighted by atomic mass is 19.2. The van der Waals surface area contributed by atoms with Crippen molar-refractivity contribution in [1.82, 2.24) is 15.5 Å². The summed E-state index contributed by atoms with van der Waals surface area (Å²) in [4.78, 5) is 28.0. The molecule has 2 saturated heterocycles. The van der Waals surface area contributed by atoms with Crippen molar-refractivity contribution < 1.29 is 27.8 Å². The predicted molar refractivity (Wildman–Crippen MR) is 126 cm³/mol. The van der Waals surface area contributed by atoms with Gasteiger partial charge < -0.3 is 25.0 Å². The van der Waals surface area contributed by atoms with E-state index in [-0.39, 0.29) is 30.3 Å². The van der Waals surface area contributed by atoms with Crippen LogP contribution < -0.4 is 15.4 Å². The van der Waals surface area contributed by atoms with E-state index in [0.29, 0.717) is 13.1 Å². The molecule has 4 atom stereocenters. The number of likely N-dealkylation sites (tertiary alicyclic amines) is 1. The van der Waals surface area contributed by atoms with Gasteiger partial charge in [0.1, 0.15) is 24.5 Å². The number of nitrogens with one attached hydrogen (secondary N) is 2. The average Bonchev–Trinajstić information content (AvgIpc) is 3.41. The minimum Gasteiger partial charge on any atom is -0.487 e. The lowest BCUT2D eigenvalue weighted by Gasteiger charge is -2.36. The first-order chi connectivity index (χ1) is 16.6. The van der Waals surface area contributed by atoms with E-state index in [2.05, 4.69) is 10.6 Å². The first-order valence-corrected chi connectivity index (χ1v) is 11.8. The molecule has 35 heavy (non-hydrogen) atoms. The predicted octanol–water partition coefficient (Wildman–Crippen LogP) is 3.63. The zero-order chi connectivity index (χ0) is 25.2. The minimum absolute atomic E-state index is 0.0138. The zero-order valence-electron chi connectivity index (χ0n) is 20.1. The number of halogens is 2. The van der Waals surface area contributed by atoms with E-state index in [9.17, 15) is 18.4 Å². The van der Waals surface area contributed by atoms with E-state index in [0.717, 1.165) is 24.1 Å². The van der Waals surface area contributed by atoms with Gasteiger partial charge in [-0.05, 0) is 29.5 Å². The lowest BCUT2D eigenvalue weighted by Crippen LogP contribution is -2.58. The molecule has 188 valence electrons. The van der Waals surface area contributed by atoms with Crippen LogP contribution >= 0.6 is 0 Å². The van der Waals surface area contributed by atoms with Crippen LogP contribution in [0.15, 0.2) is 48.5 Å². The van der Waals surface area contributed by atoms with Crippen molar-refractivity contribution in [3.63, 3.8) is 0 Å². The molecule has 0 spiro atoms. The molecule has 0 unspecified atom stereocenters. The van der Waals surface area contributed by atoms with E-state index >= 15 is 0 Å². The Labute approximate surface area is 203 Å². The molecular formula is C26H31F2N3O4. The van der Waals surface area contributed by atoms with Crippen LogP contribution in [0.2, 0.25) is 0 Å². The number of benzene rings is 2. The van der Waals surface area contributed by atoms with Crippen molar-refractivity contribution >= 4 is 12.0 Å². The van der Waals surface area contributed by atoms with Crippen LogP contribution in [0.25, 0.3) is 0 Å². The average molecular weight is 488 g/mol. The fourth-order valence-corrected chi connectivity index (χ4v) is 4.68. The highest BCUT2D eigenvalue weighted by Gasteiger charge is 2.50. The van der Waals surface area contributed by atoms with Gasteiger partial charge in [-0.25, -0.2) is 13.6 Å². The molecule has 2 amide bonds. The smallest absolute Gasteiger partial charge is 0.408 e. The molecule has 0 aromatic heterocycles.